The van der Waals surface area contributed by atoms with Gasteiger partial charge in [-0.15, -0.1) is 0 Å². The molecule has 0 bridgehead atoms. The van der Waals surface area contributed by atoms with Crippen molar-refractivity contribution in [1.29, 1.82) is 0 Å². The van der Waals surface area contributed by atoms with Crippen LogP contribution in [0.3, 0.4) is 0 Å². The van der Waals surface area contributed by atoms with Gasteiger partial charge in [0.1, 0.15) is 0 Å². The molecule has 104 valence electrons. The van der Waals surface area contributed by atoms with E-state index < -0.39 is 5.97 Å². The van der Waals surface area contributed by atoms with E-state index >= 15 is 0 Å². The minimum Gasteiger partial charge on any atom is -0.481 e. The Bertz CT molecular complexity index is 647. The van der Waals surface area contributed by atoms with Gasteiger partial charge in [-0.05, 0) is 55.5 Å². The van der Waals surface area contributed by atoms with Crippen molar-refractivity contribution in [2.75, 3.05) is 0 Å². The Balaban J connectivity index is 2.08. The zero-order valence-electron chi connectivity index (χ0n) is 11.0. The summed E-state index contributed by atoms with van der Waals surface area (Å²) in [6, 6.07) is 7.47. The van der Waals surface area contributed by atoms with Crippen LogP contribution in [0.2, 0.25) is 5.02 Å². The maximum atomic E-state index is 11.0. The molecule has 1 N–H and O–H groups in total. The fourth-order valence-corrected chi connectivity index (χ4v) is 2.88. The summed E-state index contributed by atoms with van der Waals surface area (Å²) in [4.78, 5) is 11.0. The molecule has 4 nitrogen and oxygen atoms in total. The topological polar surface area (TPSA) is 55.1 Å². The summed E-state index contributed by atoms with van der Waals surface area (Å²) in [5.74, 6) is -0.834. The molecule has 0 amide bonds. The summed E-state index contributed by atoms with van der Waals surface area (Å²) in [5.41, 5.74) is 3.90. The standard InChI is InChI=1S/C15H15ClN2O2/c16-10-5-7-11(8-6-10)18-14-4-2-1-3-12(14)13(17-18)9-15(19)20/h5-8H,1-4,9H2,(H,19,20). The van der Waals surface area contributed by atoms with Crippen LogP contribution in [0.5, 0.6) is 0 Å². The molecule has 1 heterocycles. The van der Waals surface area contributed by atoms with Crippen molar-refractivity contribution in [3.8, 4) is 5.69 Å². The molecule has 1 aliphatic rings. The van der Waals surface area contributed by atoms with Gasteiger partial charge < -0.3 is 5.11 Å². The fourth-order valence-electron chi connectivity index (χ4n) is 2.76. The van der Waals surface area contributed by atoms with Crippen molar-refractivity contribution in [2.45, 2.75) is 32.1 Å². The molecule has 0 aliphatic heterocycles. The first-order valence-corrected chi connectivity index (χ1v) is 7.10. The second-order valence-corrected chi connectivity index (χ2v) is 5.47. The largest absolute Gasteiger partial charge is 0.481 e. The van der Waals surface area contributed by atoms with Crippen LogP contribution < -0.4 is 0 Å². The summed E-state index contributed by atoms with van der Waals surface area (Å²) in [6.07, 6.45) is 4.09. The number of aromatic nitrogens is 2. The summed E-state index contributed by atoms with van der Waals surface area (Å²) >= 11 is 5.91. The van der Waals surface area contributed by atoms with E-state index in [0.29, 0.717) is 10.7 Å². The lowest BCUT2D eigenvalue weighted by molar-refractivity contribution is -0.136. The van der Waals surface area contributed by atoms with Gasteiger partial charge in [-0.25, -0.2) is 4.68 Å². The normalized spacial score (nSPS) is 14.1. The van der Waals surface area contributed by atoms with Gasteiger partial charge in [-0.3, -0.25) is 4.79 Å². The second-order valence-electron chi connectivity index (χ2n) is 5.04. The van der Waals surface area contributed by atoms with Crippen molar-refractivity contribution in [2.24, 2.45) is 0 Å². The van der Waals surface area contributed by atoms with Crippen LogP contribution in [0.4, 0.5) is 0 Å². The number of halogens is 1. The van der Waals surface area contributed by atoms with Crippen LogP contribution in [0, 0.1) is 0 Å². The number of fused-ring (bicyclic) bond motifs is 1. The number of hydrogen-bond donors (Lipinski definition) is 1. The van der Waals surface area contributed by atoms with Crippen LogP contribution >= 0.6 is 11.6 Å². The first-order chi connectivity index (χ1) is 9.65. The van der Waals surface area contributed by atoms with Gasteiger partial charge in [0.2, 0.25) is 0 Å². The molecule has 1 aliphatic carbocycles. The number of carboxylic acids is 1. The van der Waals surface area contributed by atoms with Crippen molar-refractivity contribution in [3.63, 3.8) is 0 Å². The molecule has 1 aromatic heterocycles. The zero-order chi connectivity index (χ0) is 14.1. The number of aliphatic carboxylic acids is 1. The molecule has 5 heteroatoms. The number of carbonyl (C=O) groups is 1. The predicted octanol–water partition coefficient (Wildman–Crippen LogP) is 3.03. The highest BCUT2D eigenvalue weighted by atomic mass is 35.5. The molecular formula is C15H15ClN2O2. The van der Waals surface area contributed by atoms with Crippen molar-refractivity contribution >= 4 is 17.6 Å². The molecule has 0 spiro atoms. The van der Waals surface area contributed by atoms with Crippen LogP contribution in [0.15, 0.2) is 24.3 Å². The average molecular weight is 291 g/mol. The highest BCUT2D eigenvalue weighted by molar-refractivity contribution is 6.30. The smallest absolute Gasteiger partial charge is 0.309 e. The summed E-state index contributed by atoms with van der Waals surface area (Å²) < 4.78 is 1.88. The molecule has 0 atom stereocenters. The molecule has 0 saturated carbocycles. The number of rotatable bonds is 3. The Morgan fingerprint density at radius 1 is 1.25 bits per heavy atom. The van der Waals surface area contributed by atoms with Crippen LogP contribution in [-0.2, 0) is 24.1 Å². The maximum absolute atomic E-state index is 11.0. The van der Waals surface area contributed by atoms with Gasteiger partial charge >= 0.3 is 5.97 Å². The molecule has 0 saturated heterocycles. The van der Waals surface area contributed by atoms with Gasteiger partial charge in [0.15, 0.2) is 0 Å². The quantitative estimate of drug-likeness (QED) is 0.945. The molecule has 0 fully saturated rings. The number of nitrogens with zero attached hydrogens (tertiary/aromatic N) is 2. The molecule has 20 heavy (non-hydrogen) atoms. The van der Waals surface area contributed by atoms with Crippen molar-refractivity contribution < 1.29 is 9.90 Å². The maximum Gasteiger partial charge on any atom is 0.309 e. The third-order valence-electron chi connectivity index (χ3n) is 3.65. The Labute approximate surface area is 122 Å². The third-order valence-corrected chi connectivity index (χ3v) is 3.91. The van der Waals surface area contributed by atoms with Crippen molar-refractivity contribution in [1.82, 2.24) is 9.78 Å². The van der Waals surface area contributed by atoms with E-state index in [1.54, 1.807) is 0 Å². The molecule has 2 aromatic rings. The Morgan fingerprint density at radius 2 is 1.95 bits per heavy atom. The van der Waals surface area contributed by atoms with Crippen LogP contribution in [0.1, 0.15) is 29.8 Å². The Kier molecular flexibility index (Phi) is 3.49. The second kappa shape index (κ2) is 5.29. The lowest BCUT2D eigenvalue weighted by Crippen LogP contribution is -2.08. The van der Waals surface area contributed by atoms with Gasteiger partial charge in [0.25, 0.3) is 0 Å². The van der Waals surface area contributed by atoms with Crippen molar-refractivity contribution in [3.05, 3.63) is 46.2 Å². The third kappa shape index (κ3) is 2.43. The fraction of sp³-hybridized carbons (Fsp3) is 0.333. The van der Waals surface area contributed by atoms with Gasteiger partial charge in [0.05, 0.1) is 17.8 Å². The number of benzene rings is 1. The monoisotopic (exact) mass is 290 g/mol. The summed E-state index contributed by atoms with van der Waals surface area (Å²) in [7, 11) is 0. The van der Waals surface area contributed by atoms with Gasteiger partial charge in [-0.1, -0.05) is 11.6 Å². The Hall–Kier alpha value is -1.81. The number of carboxylic acid groups (broad SMARTS) is 1. The van der Waals surface area contributed by atoms with E-state index in [1.165, 1.54) is 0 Å². The lowest BCUT2D eigenvalue weighted by atomic mass is 9.95. The van der Waals surface area contributed by atoms with E-state index in [9.17, 15) is 4.79 Å². The molecular weight excluding hydrogens is 276 g/mol. The highest BCUT2D eigenvalue weighted by Gasteiger charge is 2.22. The molecule has 3 rings (SSSR count). The Morgan fingerprint density at radius 3 is 2.65 bits per heavy atom. The van der Waals surface area contributed by atoms with E-state index in [-0.39, 0.29) is 6.42 Å². The van der Waals surface area contributed by atoms with E-state index in [2.05, 4.69) is 5.10 Å². The van der Waals surface area contributed by atoms with Gasteiger partial charge in [-0.2, -0.15) is 5.10 Å². The molecule has 0 radical (unpaired) electrons. The minimum absolute atomic E-state index is 0.0110. The lowest BCUT2D eigenvalue weighted by Gasteiger charge is -2.14. The van der Waals surface area contributed by atoms with Gasteiger partial charge in [0, 0.05) is 10.7 Å². The first-order valence-electron chi connectivity index (χ1n) is 6.72. The molecule has 0 unspecified atom stereocenters. The number of hydrogen-bond acceptors (Lipinski definition) is 2. The first kappa shape index (κ1) is 13.2. The average Bonchev–Trinajstić information content (AvgIpc) is 2.78. The SMILES string of the molecule is O=C(O)Cc1nn(-c2ccc(Cl)cc2)c2c1CCCC2. The summed E-state index contributed by atoms with van der Waals surface area (Å²) in [5, 5.41) is 14.2. The van der Waals surface area contributed by atoms with E-state index in [1.807, 2.05) is 28.9 Å². The van der Waals surface area contributed by atoms with Crippen LogP contribution in [0.25, 0.3) is 5.69 Å². The minimum atomic E-state index is -0.834. The predicted molar refractivity (Wildman–Crippen MR) is 76.6 cm³/mol. The molecule has 1 aromatic carbocycles. The highest BCUT2D eigenvalue weighted by Crippen LogP contribution is 2.27. The zero-order valence-corrected chi connectivity index (χ0v) is 11.7. The van der Waals surface area contributed by atoms with E-state index in [0.717, 1.165) is 42.6 Å². The van der Waals surface area contributed by atoms with Crippen LogP contribution in [-0.4, -0.2) is 20.9 Å². The summed E-state index contributed by atoms with van der Waals surface area (Å²) in [6.45, 7) is 0. The van der Waals surface area contributed by atoms with E-state index in [4.69, 9.17) is 16.7 Å².